The van der Waals surface area contributed by atoms with Crippen LogP contribution < -0.4 is 9.64 Å². The van der Waals surface area contributed by atoms with Gasteiger partial charge in [0, 0.05) is 24.7 Å². The van der Waals surface area contributed by atoms with Gasteiger partial charge in [0.2, 0.25) is 5.91 Å². The van der Waals surface area contributed by atoms with Gasteiger partial charge in [-0.1, -0.05) is 12.1 Å². The van der Waals surface area contributed by atoms with Gasteiger partial charge in [-0.25, -0.2) is 9.78 Å². The fourth-order valence-corrected chi connectivity index (χ4v) is 3.86. The van der Waals surface area contributed by atoms with E-state index < -0.39 is 5.97 Å². The Kier molecular flexibility index (Phi) is 5.85. The van der Waals surface area contributed by atoms with Crippen molar-refractivity contribution in [2.45, 2.75) is 13.5 Å². The quantitative estimate of drug-likeness (QED) is 0.421. The first-order valence-corrected chi connectivity index (χ1v) is 10.2. The molecule has 31 heavy (non-hydrogen) atoms. The lowest BCUT2D eigenvalue weighted by Crippen LogP contribution is -2.23. The summed E-state index contributed by atoms with van der Waals surface area (Å²) in [6.07, 6.45) is 3.16. The number of nitrogens with zero attached hydrogens (tertiary/aromatic N) is 4. The molecular formula is C22H18N4O4S. The van der Waals surface area contributed by atoms with Crippen molar-refractivity contribution in [3.8, 4) is 5.75 Å². The zero-order valence-electron chi connectivity index (χ0n) is 16.8. The molecule has 0 saturated carbocycles. The van der Waals surface area contributed by atoms with Gasteiger partial charge in [0.25, 0.3) is 0 Å². The number of hydrogen-bond donors (Lipinski definition) is 0. The standard InChI is InChI=1S/C22H18N4O4S/c1-14(27)26(19-5-3-4-6-20(19)29-2)22-25-16(13-31-22)12-30-21(28)15-7-8-17-18(11-15)24-10-9-23-17/h3-11,13H,12H2,1-2H3. The third kappa shape index (κ3) is 4.36. The predicted molar refractivity (Wildman–Crippen MR) is 117 cm³/mol. The van der Waals surface area contributed by atoms with Crippen LogP contribution >= 0.6 is 11.3 Å². The smallest absolute Gasteiger partial charge is 0.338 e. The molecule has 0 aliphatic heterocycles. The van der Waals surface area contributed by atoms with Crippen molar-refractivity contribution in [3.63, 3.8) is 0 Å². The first-order valence-electron chi connectivity index (χ1n) is 9.33. The topological polar surface area (TPSA) is 94.5 Å². The molecule has 4 rings (SSSR count). The molecule has 0 fully saturated rings. The maximum atomic E-state index is 12.4. The molecule has 0 N–H and O–H groups in total. The summed E-state index contributed by atoms with van der Waals surface area (Å²) in [5.41, 5.74) is 2.82. The van der Waals surface area contributed by atoms with Crippen LogP contribution in [0, 0.1) is 0 Å². The zero-order valence-corrected chi connectivity index (χ0v) is 17.6. The van der Waals surface area contributed by atoms with E-state index in [9.17, 15) is 9.59 Å². The second-order valence-electron chi connectivity index (χ2n) is 6.48. The van der Waals surface area contributed by atoms with Gasteiger partial charge in [-0.3, -0.25) is 19.7 Å². The molecule has 0 radical (unpaired) electrons. The van der Waals surface area contributed by atoms with Gasteiger partial charge in [0.05, 0.1) is 35.1 Å². The van der Waals surface area contributed by atoms with E-state index in [4.69, 9.17) is 9.47 Å². The summed E-state index contributed by atoms with van der Waals surface area (Å²) in [6.45, 7) is 1.43. The predicted octanol–water partition coefficient (Wildman–Crippen LogP) is 4.14. The minimum absolute atomic E-state index is 0.0223. The number of carbonyl (C=O) groups is 2. The Hall–Kier alpha value is -3.85. The lowest BCUT2D eigenvalue weighted by Gasteiger charge is -2.20. The Labute approximate surface area is 182 Å². The molecule has 8 nitrogen and oxygen atoms in total. The molecule has 0 atom stereocenters. The first-order chi connectivity index (χ1) is 15.1. The third-order valence-electron chi connectivity index (χ3n) is 4.43. The summed E-state index contributed by atoms with van der Waals surface area (Å²) in [6, 6.07) is 12.2. The monoisotopic (exact) mass is 434 g/mol. The highest BCUT2D eigenvalue weighted by Gasteiger charge is 2.21. The number of ether oxygens (including phenoxy) is 2. The van der Waals surface area contributed by atoms with Crippen molar-refractivity contribution >= 4 is 45.1 Å². The molecule has 4 aromatic rings. The van der Waals surface area contributed by atoms with Crippen molar-refractivity contribution < 1.29 is 19.1 Å². The number of thiazole rings is 1. The van der Waals surface area contributed by atoms with E-state index in [1.807, 2.05) is 12.1 Å². The second kappa shape index (κ2) is 8.88. The van der Waals surface area contributed by atoms with E-state index in [2.05, 4.69) is 15.0 Å². The fraction of sp³-hybridized carbons (Fsp3) is 0.136. The number of esters is 1. The molecule has 0 aliphatic carbocycles. The van der Waals surface area contributed by atoms with Crippen molar-refractivity contribution in [2.75, 3.05) is 12.0 Å². The Balaban J connectivity index is 1.50. The van der Waals surface area contributed by atoms with Crippen LogP contribution in [-0.4, -0.2) is 33.9 Å². The molecule has 0 bridgehead atoms. The normalized spacial score (nSPS) is 10.6. The number of methoxy groups -OCH3 is 1. The summed E-state index contributed by atoms with van der Waals surface area (Å²) in [5, 5.41) is 2.21. The summed E-state index contributed by atoms with van der Waals surface area (Å²) >= 11 is 1.28. The Morgan fingerprint density at radius 2 is 1.84 bits per heavy atom. The van der Waals surface area contributed by atoms with Crippen LogP contribution in [0.5, 0.6) is 5.75 Å². The number of aromatic nitrogens is 3. The lowest BCUT2D eigenvalue weighted by atomic mass is 10.2. The van der Waals surface area contributed by atoms with Crippen LogP contribution in [0.3, 0.4) is 0 Å². The number of carbonyl (C=O) groups excluding carboxylic acids is 2. The molecule has 0 aliphatic rings. The fourth-order valence-electron chi connectivity index (χ4n) is 3.00. The van der Waals surface area contributed by atoms with E-state index in [0.29, 0.717) is 38.9 Å². The van der Waals surface area contributed by atoms with Crippen LogP contribution in [0.25, 0.3) is 11.0 Å². The number of benzene rings is 2. The van der Waals surface area contributed by atoms with Gasteiger partial charge < -0.3 is 9.47 Å². The minimum Gasteiger partial charge on any atom is -0.495 e. The number of fused-ring (bicyclic) bond motifs is 1. The van der Waals surface area contributed by atoms with E-state index in [0.717, 1.165) is 0 Å². The van der Waals surface area contributed by atoms with Crippen LogP contribution in [0.15, 0.2) is 60.2 Å². The second-order valence-corrected chi connectivity index (χ2v) is 7.32. The minimum atomic E-state index is -0.491. The molecule has 0 unspecified atom stereocenters. The highest BCUT2D eigenvalue weighted by Crippen LogP contribution is 2.35. The van der Waals surface area contributed by atoms with Crippen molar-refractivity contribution in [3.05, 3.63) is 71.5 Å². The van der Waals surface area contributed by atoms with Gasteiger partial charge in [-0.2, -0.15) is 0 Å². The summed E-state index contributed by atoms with van der Waals surface area (Å²) in [7, 11) is 1.54. The van der Waals surface area contributed by atoms with Gasteiger partial charge in [0.15, 0.2) is 5.13 Å². The Morgan fingerprint density at radius 3 is 2.61 bits per heavy atom. The average Bonchev–Trinajstić information content (AvgIpc) is 3.25. The summed E-state index contributed by atoms with van der Waals surface area (Å²) < 4.78 is 10.8. The molecule has 2 aromatic heterocycles. The molecule has 2 heterocycles. The average molecular weight is 434 g/mol. The summed E-state index contributed by atoms with van der Waals surface area (Å²) in [4.78, 5) is 39.1. The van der Waals surface area contributed by atoms with E-state index in [1.54, 1.807) is 55.2 Å². The number of para-hydroxylation sites is 2. The molecule has 1 amide bonds. The van der Waals surface area contributed by atoms with E-state index in [1.165, 1.54) is 23.2 Å². The Morgan fingerprint density at radius 1 is 1.06 bits per heavy atom. The molecule has 2 aromatic carbocycles. The van der Waals surface area contributed by atoms with Crippen LogP contribution in [-0.2, 0) is 16.1 Å². The van der Waals surface area contributed by atoms with Crippen LogP contribution in [0.2, 0.25) is 0 Å². The maximum Gasteiger partial charge on any atom is 0.338 e. The van der Waals surface area contributed by atoms with Crippen molar-refractivity contribution in [1.29, 1.82) is 0 Å². The van der Waals surface area contributed by atoms with Crippen molar-refractivity contribution in [2.24, 2.45) is 0 Å². The van der Waals surface area contributed by atoms with Gasteiger partial charge in [-0.15, -0.1) is 11.3 Å². The zero-order chi connectivity index (χ0) is 21.8. The number of hydrogen-bond acceptors (Lipinski definition) is 8. The Bertz CT molecular complexity index is 1260. The highest BCUT2D eigenvalue weighted by atomic mass is 32.1. The number of anilines is 2. The number of rotatable bonds is 6. The van der Waals surface area contributed by atoms with Crippen molar-refractivity contribution in [1.82, 2.24) is 15.0 Å². The number of amides is 1. The van der Waals surface area contributed by atoms with Crippen LogP contribution in [0.4, 0.5) is 10.8 Å². The largest absolute Gasteiger partial charge is 0.495 e. The molecular weight excluding hydrogens is 416 g/mol. The molecule has 0 spiro atoms. The van der Waals surface area contributed by atoms with E-state index >= 15 is 0 Å². The molecule has 9 heteroatoms. The molecule has 0 saturated heterocycles. The maximum absolute atomic E-state index is 12.4. The molecule has 156 valence electrons. The first kappa shape index (κ1) is 20.4. The summed E-state index contributed by atoms with van der Waals surface area (Å²) in [5.74, 6) is -0.143. The SMILES string of the molecule is COc1ccccc1N(C(C)=O)c1nc(COC(=O)c2ccc3nccnc3c2)cs1. The van der Waals surface area contributed by atoms with Crippen LogP contribution in [0.1, 0.15) is 23.0 Å². The third-order valence-corrected chi connectivity index (χ3v) is 5.30. The highest BCUT2D eigenvalue weighted by molar-refractivity contribution is 7.14. The van der Waals surface area contributed by atoms with Gasteiger partial charge in [-0.05, 0) is 30.3 Å². The van der Waals surface area contributed by atoms with Gasteiger partial charge in [0.1, 0.15) is 12.4 Å². The lowest BCUT2D eigenvalue weighted by molar-refractivity contribution is -0.115. The van der Waals surface area contributed by atoms with E-state index in [-0.39, 0.29) is 12.5 Å². The van der Waals surface area contributed by atoms with Gasteiger partial charge >= 0.3 is 5.97 Å².